The number of anilines is 2. The van der Waals surface area contributed by atoms with Gasteiger partial charge in [0.15, 0.2) is 0 Å². The first-order valence-corrected chi connectivity index (χ1v) is 5.50. The molecule has 0 saturated heterocycles. The van der Waals surface area contributed by atoms with E-state index in [-0.39, 0.29) is 5.91 Å². The van der Waals surface area contributed by atoms with Crippen molar-refractivity contribution in [2.75, 3.05) is 31.2 Å². The van der Waals surface area contributed by atoms with Crippen molar-refractivity contribution in [3.63, 3.8) is 0 Å². The summed E-state index contributed by atoms with van der Waals surface area (Å²) in [5.74, 6) is -0.549. The number of rotatable bonds is 5. The summed E-state index contributed by atoms with van der Waals surface area (Å²) in [6, 6.07) is 4.94. The third kappa shape index (κ3) is 3.97. The fraction of sp³-hybridized carbons (Fsp3) is 0.333. The second kappa shape index (κ2) is 6.48. The summed E-state index contributed by atoms with van der Waals surface area (Å²) in [6.45, 7) is 2.43. The van der Waals surface area contributed by atoms with Crippen LogP contribution >= 0.6 is 0 Å². The molecule has 0 aliphatic heterocycles. The van der Waals surface area contributed by atoms with Crippen molar-refractivity contribution in [2.45, 2.75) is 6.92 Å². The summed E-state index contributed by atoms with van der Waals surface area (Å²) in [4.78, 5) is 22.2. The average Bonchev–Trinajstić information content (AvgIpc) is 2.34. The molecule has 0 bridgehead atoms. The zero-order chi connectivity index (χ0) is 13.5. The number of nitrogens with one attached hydrogen (secondary N) is 2. The van der Waals surface area contributed by atoms with Crippen molar-refractivity contribution in [2.24, 2.45) is 0 Å². The van der Waals surface area contributed by atoms with Crippen LogP contribution < -0.4 is 16.4 Å². The molecule has 0 aliphatic rings. The second-order valence-corrected chi connectivity index (χ2v) is 3.71. The third-order valence-electron chi connectivity index (χ3n) is 2.26. The van der Waals surface area contributed by atoms with Crippen molar-refractivity contribution in [1.82, 2.24) is 5.32 Å². The molecule has 1 aromatic rings. The molecule has 98 valence electrons. The van der Waals surface area contributed by atoms with E-state index in [0.29, 0.717) is 30.0 Å². The Morgan fingerprint density at radius 1 is 1.33 bits per heavy atom. The van der Waals surface area contributed by atoms with Gasteiger partial charge < -0.3 is 21.1 Å². The number of nitrogens with two attached hydrogens (primary N) is 1. The maximum Gasteiger partial charge on any atom is 0.340 e. The lowest BCUT2D eigenvalue weighted by atomic mass is 10.1. The molecule has 0 spiro atoms. The van der Waals surface area contributed by atoms with E-state index in [9.17, 15) is 9.59 Å². The second-order valence-electron chi connectivity index (χ2n) is 3.71. The predicted octanol–water partition coefficient (Wildman–Crippen LogP) is 0.603. The molecule has 0 heterocycles. The number of amides is 1. The standard InChI is InChI=1S/C12H17N3O3/c1-8(16)14-5-6-15-11-4-3-9(13)7-10(11)12(17)18-2/h3-4,7,15H,5-6,13H2,1-2H3,(H,14,16). The number of hydrogen-bond acceptors (Lipinski definition) is 5. The number of nitrogen functional groups attached to an aromatic ring is 1. The lowest BCUT2D eigenvalue weighted by molar-refractivity contribution is -0.118. The van der Waals surface area contributed by atoms with Crippen LogP contribution in [0.1, 0.15) is 17.3 Å². The normalized spacial score (nSPS) is 9.67. The van der Waals surface area contributed by atoms with E-state index >= 15 is 0 Å². The number of carbonyl (C=O) groups excluding carboxylic acids is 2. The minimum Gasteiger partial charge on any atom is -0.465 e. The van der Waals surface area contributed by atoms with E-state index in [4.69, 9.17) is 5.73 Å². The highest BCUT2D eigenvalue weighted by Crippen LogP contribution is 2.19. The molecule has 1 rings (SSSR count). The summed E-state index contributed by atoms with van der Waals surface area (Å²) < 4.78 is 4.67. The van der Waals surface area contributed by atoms with Crippen LogP contribution in [0.3, 0.4) is 0 Å². The Morgan fingerprint density at radius 3 is 2.67 bits per heavy atom. The third-order valence-corrected chi connectivity index (χ3v) is 2.26. The summed E-state index contributed by atoms with van der Waals surface area (Å²) >= 11 is 0. The monoisotopic (exact) mass is 251 g/mol. The van der Waals surface area contributed by atoms with E-state index in [1.165, 1.54) is 14.0 Å². The van der Waals surface area contributed by atoms with Gasteiger partial charge in [-0.25, -0.2) is 4.79 Å². The van der Waals surface area contributed by atoms with Crippen molar-refractivity contribution in [3.05, 3.63) is 23.8 Å². The molecule has 0 radical (unpaired) electrons. The molecule has 4 N–H and O–H groups in total. The van der Waals surface area contributed by atoms with Crippen LogP contribution in [-0.2, 0) is 9.53 Å². The van der Waals surface area contributed by atoms with E-state index < -0.39 is 5.97 Å². The Labute approximate surface area is 105 Å². The summed E-state index contributed by atoms with van der Waals surface area (Å²) in [6.07, 6.45) is 0. The Hall–Kier alpha value is -2.24. The van der Waals surface area contributed by atoms with Crippen molar-refractivity contribution >= 4 is 23.3 Å². The van der Waals surface area contributed by atoms with Gasteiger partial charge in [-0.1, -0.05) is 0 Å². The predicted molar refractivity (Wildman–Crippen MR) is 69.4 cm³/mol. The molecule has 0 unspecified atom stereocenters. The Bertz CT molecular complexity index is 446. The highest BCUT2D eigenvalue weighted by molar-refractivity contribution is 5.96. The fourth-order valence-electron chi connectivity index (χ4n) is 1.43. The van der Waals surface area contributed by atoms with Gasteiger partial charge in [0.1, 0.15) is 0 Å². The van der Waals surface area contributed by atoms with Crippen LogP contribution in [0.15, 0.2) is 18.2 Å². The van der Waals surface area contributed by atoms with Gasteiger partial charge >= 0.3 is 5.97 Å². The molecular formula is C12H17N3O3. The maximum atomic E-state index is 11.5. The first kappa shape index (κ1) is 13.8. The lowest BCUT2D eigenvalue weighted by Gasteiger charge is -2.11. The summed E-state index contributed by atoms with van der Waals surface area (Å²) in [5.41, 5.74) is 7.11. The van der Waals surface area contributed by atoms with Crippen molar-refractivity contribution < 1.29 is 14.3 Å². The van der Waals surface area contributed by atoms with Crippen LogP contribution in [0.4, 0.5) is 11.4 Å². The largest absolute Gasteiger partial charge is 0.465 e. The number of carbonyl (C=O) groups is 2. The van der Waals surface area contributed by atoms with Gasteiger partial charge in [-0.05, 0) is 18.2 Å². The van der Waals surface area contributed by atoms with Gasteiger partial charge in [-0.2, -0.15) is 0 Å². The van der Waals surface area contributed by atoms with Gasteiger partial charge in [-0.3, -0.25) is 4.79 Å². The average molecular weight is 251 g/mol. The van der Waals surface area contributed by atoms with Crippen molar-refractivity contribution in [3.8, 4) is 0 Å². The van der Waals surface area contributed by atoms with Gasteiger partial charge in [0.05, 0.1) is 12.7 Å². The lowest BCUT2D eigenvalue weighted by Crippen LogP contribution is -2.26. The van der Waals surface area contributed by atoms with Gasteiger partial charge in [0.2, 0.25) is 5.91 Å². The van der Waals surface area contributed by atoms with Gasteiger partial charge in [0, 0.05) is 31.4 Å². The van der Waals surface area contributed by atoms with Crippen LogP contribution in [0.25, 0.3) is 0 Å². The molecule has 0 atom stereocenters. The van der Waals surface area contributed by atoms with E-state index in [1.54, 1.807) is 18.2 Å². The molecule has 1 amide bonds. The molecule has 6 nitrogen and oxygen atoms in total. The fourth-order valence-corrected chi connectivity index (χ4v) is 1.43. The molecule has 0 aliphatic carbocycles. The topological polar surface area (TPSA) is 93.4 Å². The maximum absolute atomic E-state index is 11.5. The highest BCUT2D eigenvalue weighted by atomic mass is 16.5. The first-order valence-electron chi connectivity index (χ1n) is 5.50. The van der Waals surface area contributed by atoms with Crippen LogP contribution in [0, 0.1) is 0 Å². The molecular weight excluding hydrogens is 234 g/mol. The smallest absolute Gasteiger partial charge is 0.340 e. The van der Waals surface area contributed by atoms with Crippen LogP contribution in [0.2, 0.25) is 0 Å². The molecule has 1 aromatic carbocycles. The van der Waals surface area contributed by atoms with E-state index in [2.05, 4.69) is 15.4 Å². The molecule has 6 heteroatoms. The summed E-state index contributed by atoms with van der Waals surface area (Å²) in [5, 5.41) is 5.69. The Balaban J connectivity index is 2.69. The number of esters is 1. The quantitative estimate of drug-likeness (QED) is 0.405. The zero-order valence-electron chi connectivity index (χ0n) is 10.4. The minimum atomic E-state index is -0.454. The SMILES string of the molecule is COC(=O)c1cc(N)ccc1NCCNC(C)=O. The van der Waals surface area contributed by atoms with Gasteiger partial charge in [-0.15, -0.1) is 0 Å². The minimum absolute atomic E-state index is 0.0951. The van der Waals surface area contributed by atoms with Crippen LogP contribution in [-0.4, -0.2) is 32.1 Å². The molecule has 0 fully saturated rings. The Morgan fingerprint density at radius 2 is 2.06 bits per heavy atom. The van der Waals surface area contributed by atoms with Gasteiger partial charge in [0.25, 0.3) is 0 Å². The number of benzene rings is 1. The Kier molecular flexibility index (Phi) is 4.98. The molecule has 18 heavy (non-hydrogen) atoms. The number of ether oxygens (including phenoxy) is 1. The zero-order valence-corrected chi connectivity index (χ0v) is 10.4. The van der Waals surface area contributed by atoms with Crippen molar-refractivity contribution in [1.29, 1.82) is 0 Å². The molecule has 0 saturated carbocycles. The number of methoxy groups -OCH3 is 1. The number of hydrogen-bond donors (Lipinski definition) is 3. The van der Waals surface area contributed by atoms with Crippen LogP contribution in [0.5, 0.6) is 0 Å². The molecule has 0 aromatic heterocycles. The highest BCUT2D eigenvalue weighted by Gasteiger charge is 2.11. The first-order chi connectivity index (χ1) is 8.54. The van der Waals surface area contributed by atoms with E-state index in [0.717, 1.165) is 0 Å². The van der Waals surface area contributed by atoms with E-state index in [1.807, 2.05) is 0 Å². The summed E-state index contributed by atoms with van der Waals surface area (Å²) in [7, 11) is 1.31.